The Labute approximate surface area is 102 Å². The summed E-state index contributed by atoms with van der Waals surface area (Å²) >= 11 is 0. The van der Waals surface area contributed by atoms with E-state index in [1.54, 1.807) is 13.1 Å². The summed E-state index contributed by atoms with van der Waals surface area (Å²) in [5.41, 5.74) is 6.86. The summed E-state index contributed by atoms with van der Waals surface area (Å²) in [5.74, 6) is 0.263. The fourth-order valence-corrected chi connectivity index (χ4v) is 2.54. The lowest BCUT2D eigenvalue weighted by atomic mass is 10.2. The van der Waals surface area contributed by atoms with Gasteiger partial charge in [-0.25, -0.2) is 13.1 Å². The van der Waals surface area contributed by atoms with E-state index in [2.05, 4.69) is 10.0 Å². The third-order valence-electron chi connectivity index (χ3n) is 2.28. The van der Waals surface area contributed by atoms with Crippen LogP contribution in [0.2, 0.25) is 0 Å². The van der Waals surface area contributed by atoms with Gasteiger partial charge in [-0.2, -0.15) is 0 Å². The first-order valence-electron chi connectivity index (χ1n) is 5.43. The van der Waals surface area contributed by atoms with E-state index in [1.165, 1.54) is 12.1 Å². The maximum Gasteiger partial charge on any atom is 0.240 e. The minimum atomic E-state index is -3.46. The molecule has 0 spiro atoms. The van der Waals surface area contributed by atoms with Gasteiger partial charge in [-0.1, -0.05) is 13.8 Å². The van der Waals surface area contributed by atoms with Crippen LogP contribution in [0.3, 0.4) is 0 Å². The molecule has 96 valence electrons. The van der Waals surface area contributed by atoms with Crippen molar-refractivity contribution in [3.63, 3.8) is 0 Å². The first-order chi connectivity index (χ1) is 7.86. The van der Waals surface area contributed by atoms with E-state index in [-0.39, 0.29) is 10.8 Å². The van der Waals surface area contributed by atoms with Crippen LogP contribution >= 0.6 is 0 Å². The molecule has 17 heavy (non-hydrogen) atoms. The molecular weight excluding hydrogens is 238 g/mol. The average molecular weight is 257 g/mol. The Kier molecular flexibility index (Phi) is 4.36. The van der Waals surface area contributed by atoms with Gasteiger partial charge in [0, 0.05) is 13.6 Å². The zero-order chi connectivity index (χ0) is 13.1. The number of nitrogens with two attached hydrogens (primary N) is 1. The Morgan fingerprint density at radius 1 is 1.35 bits per heavy atom. The first-order valence-corrected chi connectivity index (χ1v) is 6.92. The summed E-state index contributed by atoms with van der Waals surface area (Å²) < 4.78 is 26.3. The van der Waals surface area contributed by atoms with Crippen LogP contribution in [0.25, 0.3) is 0 Å². The number of hydrogen-bond donors (Lipinski definition) is 3. The van der Waals surface area contributed by atoms with Crippen molar-refractivity contribution < 1.29 is 8.42 Å². The van der Waals surface area contributed by atoms with Crippen LogP contribution < -0.4 is 15.8 Å². The van der Waals surface area contributed by atoms with Crippen LogP contribution in [0.1, 0.15) is 13.8 Å². The second kappa shape index (κ2) is 5.37. The quantitative estimate of drug-likeness (QED) is 0.693. The molecule has 0 aromatic heterocycles. The lowest BCUT2D eigenvalue weighted by Gasteiger charge is -2.11. The van der Waals surface area contributed by atoms with Crippen molar-refractivity contribution in [1.29, 1.82) is 0 Å². The summed E-state index contributed by atoms with van der Waals surface area (Å²) in [6.07, 6.45) is 0. The Bertz CT molecular complexity index is 483. The van der Waals surface area contributed by atoms with Crippen LogP contribution in [0, 0.1) is 5.92 Å². The zero-order valence-corrected chi connectivity index (χ0v) is 11.1. The molecule has 4 N–H and O–H groups in total. The molecule has 0 aliphatic rings. The van der Waals surface area contributed by atoms with Gasteiger partial charge in [0.05, 0.1) is 16.3 Å². The molecule has 0 fully saturated rings. The summed E-state index contributed by atoms with van der Waals surface area (Å²) in [6, 6.07) is 4.64. The van der Waals surface area contributed by atoms with Crippen LogP contribution in [0.4, 0.5) is 11.4 Å². The van der Waals surface area contributed by atoms with Crippen LogP contribution in [0.15, 0.2) is 23.1 Å². The molecule has 0 heterocycles. The Morgan fingerprint density at radius 3 is 2.47 bits per heavy atom. The molecule has 0 aliphatic carbocycles. The topological polar surface area (TPSA) is 84.2 Å². The summed E-state index contributed by atoms with van der Waals surface area (Å²) in [6.45, 7) is 4.30. The molecule has 1 aromatic rings. The summed E-state index contributed by atoms with van der Waals surface area (Å²) in [5, 5.41) is 2.88. The second-order valence-electron chi connectivity index (χ2n) is 4.24. The van der Waals surface area contributed by atoms with E-state index in [0.717, 1.165) is 0 Å². The number of sulfonamides is 1. The van der Waals surface area contributed by atoms with Crippen molar-refractivity contribution in [3.05, 3.63) is 18.2 Å². The van der Waals surface area contributed by atoms with Gasteiger partial charge in [0.15, 0.2) is 0 Å². The Hall–Kier alpha value is -1.27. The third kappa shape index (κ3) is 3.61. The molecule has 1 rings (SSSR count). The number of anilines is 2. The van der Waals surface area contributed by atoms with Gasteiger partial charge >= 0.3 is 0 Å². The van der Waals surface area contributed by atoms with Crippen molar-refractivity contribution >= 4 is 21.4 Å². The number of nitrogen functional groups attached to an aromatic ring is 1. The lowest BCUT2D eigenvalue weighted by molar-refractivity contribution is 0.560. The summed E-state index contributed by atoms with van der Waals surface area (Å²) in [4.78, 5) is 0.189. The molecule has 0 saturated heterocycles. The van der Waals surface area contributed by atoms with Crippen LogP contribution in [0.5, 0.6) is 0 Å². The van der Waals surface area contributed by atoms with Crippen molar-refractivity contribution in [2.24, 2.45) is 5.92 Å². The van der Waals surface area contributed by atoms with Gasteiger partial charge in [-0.3, -0.25) is 0 Å². The molecule has 1 aromatic carbocycles. The Morgan fingerprint density at radius 2 is 2.00 bits per heavy atom. The summed E-state index contributed by atoms with van der Waals surface area (Å²) in [7, 11) is -1.73. The number of nitrogens with one attached hydrogen (secondary N) is 2. The van der Waals surface area contributed by atoms with Gasteiger partial charge < -0.3 is 11.1 Å². The fourth-order valence-electron chi connectivity index (χ4n) is 1.30. The van der Waals surface area contributed by atoms with Gasteiger partial charge in [0.1, 0.15) is 0 Å². The monoisotopic (exact) mass is 257 g/mol. The number of benzene rings is 1. The third-order valence-corrected chi connectivity index (χ3v) is 3.71. The van der Waals surface area contributed by atoms with E-state index < -0.39 is 10.0 Å². The van der Waals surface area contributed by atoms with E-state index >= 15 is 0 Å². The molecule has 0 radical (unpaired) electrons. The molecule has 5 nitrogen and oxygen atoms in total. The molecule has 0 bridgehead atoms. The van der Waals surface area contributed by atoms with Crippen molar-refractivity contribution in [2.75, 3.05) is 24.6 Å². The molecule has 0 aliphatic heterocycles. The number of rotatable bonds is 5. The molecule has 0 unspecified atom stereocenters. The molecule has 0 atom stereocenters. The van der Waals surface area contributed by atoms with Gasteiger partial charge in [-0.05, 0) is 24.1 Å². The number of hydrogen-bond acceptors (Lipinski definition) is 4. The predicted octanol–water partition coefficient (Wildman–Crippen LogP) is 1.24. The first kappa shape index (κ1) is 13.8. The average Bonchev–Trinajstić information content (AvgIpc) is 2.26. The standard InChI is InChI=1S/C11H19N3O2S/c1-8(2)7-14-17(15,16)9-4-5-11(13-3)10(12)6-9/h4-6,8,13-14H,7,12H2,1-3H3. The normalized spacial score (nSPS) is 11.8. The minimum Gasteiger partial charge on any atom is -0.397 e. The van der Waals surface area contributed by atoms with Crippen LogP contribution in [-0.2, 0) is 10.0 Å². The lowest BCUT2D eigenvalue weighted by Crippen LogP contribution is -2.27. The molecular formula is C11H19N3O2S. The highest BCUT2D eigenvalue weighted by atomic mass is 32.2. The zero-order valence-electron chi connectivity index (χ0n) is 10.3. The van der Waals surface area contributed by atoms with Crippen molar-refractivity contribution in [3.8, 4) is 0 Å². The smallest absolute Gasteiger partial charge is 0.240 e. The Balaban J connectivity index is 2.96. The van der Waals surface area contributed by atoms with Gasteiger partial charge in [0.2, 0.25) is 10.0 Å². The maximum absolute atomic E-state index is 11.9. The van der Waals surface area contributed by atoms with Gasteiger partial charge in [-0.15, -0.1) is 0 Å². The molecule has 0 saturated carbocycles. The molecule has 0 amide bonds. The fraction of sp³-hybridized carbons (Fsp3) is 0.455. The SMILES string of the molecule is CNc1ccc(S(=O)(=O)NCC(C)C)cc1N. The van der Waals surface area contributed by atoms with E-state index in [1.807, 2.05) is 13.8 Å². The minimum absolute atomic E-state index is 0.189. The van der Waals surface area contributed by atoms with Crippen molar-refractivity contribution in [2.45, 2.75) is 18.7 Å². The molecule has 6 heteroatoms. The van der Waals surface area contributed by atoms with Crippen molar-refractivity contribution in [1.82, 2.24) is 4.72 Å². The highest BCUT2D eigenvalue weighted by Gasteiger charge is 2.15. The van der Waals surface area contributed by atoms with E-state index in [9.17, 15) is 8.42 Å². The second-order valence-corrected chi connectivity index (χ2v) is 6.01. The van der Waals surface area contributed by atoms with E-state index in [4.69, 9.17) is 5.73 Å². The van der Waals surface area contributed by atoms with E-state index in [0.29, 0.717) is 17.9 Å². The highest BCUT2D eigenvalue weighted by molar-refractivity contribution is 7.89. The maximum atomic E-state index is 11.9. The predicted molar refractivity (Wildman–Crippen MR) is 70.4 cm³/mol. The highest BCUT2D eigenvalue weighted by Crippen LogP contribution is 2.21. The van der Waals surface area contributed by atoms with Crippen LogP contribution in [-0.4, -0.2) is 22.0 Å². The van der Waals surface area contributed by atoms with Gasteiger partial charge in [0.25, 0.3) is 0 Å². The largest absolute Gasteiger partial charge is 0.397 e.